The van der Waals surface area contributed by atoms with E-state index in [1.54, 1.807) is 0 Å². The third-order valence-electron chi connectivity index (χ3n) is 1.86. The molecule has 0 aromatic heterocycles. The van der Waals surface area contributed by atoms with Gasteiger partial charge in [-0.1, -0.05) is 6.92 Å². The Morgan fingerprint density at radius 1 is 1.70 bits per heavy atom. The molecule has 1 rings (SSSR count). The molecule has 1 aliphatic heterocycles. The molecule has 0 amide bonds. The zero-order valence-electron chi connectivity index (χ0n) is 6.72. The Balaban J connectivity index is 2.27. The van der Waals surface area contributed by atoms with Crippen LogP contribution in [0.3, 0.4) is 0 Å². The Labute approximate surface area is 61.5 Å². The van der Waals surface area contributed by atoms with Crippen LogP contribution in [0.4, 0.5) is 0 Å². The quantitative estimate of drug-likeness (QED) is 0.553. The molecule has 2 N–H and O–H groups in total. The van der Waals surface area contributed by atoms with Crippen LogP contribution in [0, 0.1) is 0 Å². The molecule has 0 spiro atoms. The Morgan fingerprint density at radius 3 is 2.70 bits per heavy atom. The van der Waals surface area contributed by atoms with Gasteiger partial charge in [-0.25, -0.2) is 0 Å². The van der Waals surface area contributed by atoms with Gasteiger partial charge in [0.25, 0.3) is 0 Å². The van der Waals surface area contributed by atoms with Gasteiger partial charge >= 0.3 is 0 Å². The summed E-state index contributed by atoms with van der Waals surface area (Å²) in [5.74, 6) is 0. The van der Waals surface area contributed by atoms with Crippen molar-refractivity contribution in [2.45, 2.75) is 19.3 Å². The normalized spacial score (nSPS) is 32.4. The van der Waals surface area contributed by atoms with Crippen LogP contribution in [0.1, 0.15) is 6.92 Å². The van der Waals surface area contributed by atoms with Gasteiger partial charge in [0.05, 0.1) is 0 Å². The highest BCUT2D eigenvalue weighted by Crippen LogP contribution is 2.08. The predicted molar refractivity (Wildman–Crippen MR) is 39.2 cm³/mol. The number of nitrogens with zero attached hydrogens (tertiary/aromatic N) is 1. The molecule has 2 unspecified atom stereocenters. The average Bonchev–Trinajstić information content (AvgIpc) is 1.86. The molecule has 4 heteroatoms. The van der Waals surface area contributed by atoms with Gasteiger partial charge in [0.1, 0.15) is 6.17 Å². The first-order valence-corrected chi connectivity index (χ1v) is 3.58. The Hall–Kier alpha value is -0.160. The van der Waals surface area contributed by atoms with Crippen molar-refractivity contribution in [2.24, 2.45) is 0 Å². The van der Waals surface area contributed by atoms with E-state index in [0.29, 0.717) is 6.17 Å². The molecule has 1 aliphatic rings. The lowest BCUT2D eigenvalue weighted by molar-refractivity contribution is -0.223. The minimum Gasteiger partial charge on any atom is -0.291 e. The molecule has 0 bridgehead atoms. The van der Waals surface area contributed by atoms with Crippen molar-refractivity contribution in [3.8, 4) is 0 Å². The van der Waals surface area contributed by atoms with Gasteiger partial charge in [0.15, 0.2) is 6.23 Å². The van der Waals surface area contributed by atoms with Crippen LogP contribution in [0.5, 0.6) is 0 Å². The number of hydroxylamine groups is 1. The number of hydrogen-bond donors (Lipinski definition) is 2. The maximum Gasteiger partial charge on any atom is 0.160 e. The second-order valence-electron chi connectivity index (χ2n) is 2.46. The predicted octanol–water partition coefficient (Wildman–Crippen LogP) is -0.655. The smallest absolute Gasteiger partial charge is 0.160 e. The lowest BCUT2D eigenvalue weighted by atomic mass is 10.3. The number of rotatable bonds is 3. The molecule has 0 aliphatic carbocycles. The first kappa shape index (κ1) is 7.94. The minimum absolute atomic E-state index is 0.143. The summed E-state index contributed by atoms with van der Waals surface area (Å²) in [4.78, 5) is 7.20. The molecule has 1 fully saturated rings. The fourth-order valence-corrected chi connectivity index (χ4v) is 0.932. The third-order valence-corrected chi connectivity index (χ3v) is 1.86. The van der Waals surface area contributed by atoms with Gasteiger partial charge in [-0.15, -0.1) is 0 Å². The lowest BCUT2D eigenvalue weighted by Crippen LogP contribution is -2.67. The molecule has 1 saturated heterocycles. The van der Waals surface area contributed by atoms with Crippen LogP contribution in [0.25, 0.3) is 0 Å². The second kappa shape index (κ2) is 3.30. The molecule has 60 valence electrons. The maximum atomic E-state index is 5.01. The molecule has 0 radical (unpaired) electrons. The van der Waals surface area contributed by atoms with Gasteiger partial charge < -0.3 is 0 Å². The maximum absolute atomic E-state index is 5.01. The van der Waals surface area contributed by atoms with Crippen molar-refractivity contribution in [3.05, 3.63) is 0 Å². The van der Waals surface area contributed by atoms with E-state index in [1.807, 2.05) is 7.05 Å². The number of likely N-dealkylation sites (N-methyl/N-ethyl adjacent to an activating group) is 2. The van der Waals surface area contributed by atoms with E-state index in [-0.39, 0.29) is 6.23 Å². The third kappa shape index (κ3) is 1.29. The zero-order valence-corrected chi connectivity index (χ0v) is 6.72. The second-order valence-corrected chi connectivity index (χ2v) is 2.46. The number of nitrogens with one attached hydrogen (secondary N) is 2. The average molecular weight is 145 g/mol. The Bertz CT molecular complexity index is 100. The Kier molecular flexibility index (Phi) is 2.62. The van der Waals surface area contributed by atoms with Gasteiger partial charge in [0, 0.05) is 0 Å². The first-order valence-electron chi connectivity index (χ1n) is 3.58. The van der Waals surface area contributed by atoms with Crippen molar-refractivity contribution in [3.63, 3.8) is 0 Å². The molecule has 0 aromatic rings. The van der Waals surface area contributed by atoms with Gasteiger partial charge in [-0.3, -0.25) is 15.1 Å². The zero-order chi connectivity index (χ0) is 7.56. The van der Waals surface area contributed by atoms with Crippen LogP contribution < -0.4 is 10.8 Å². The topological polar surface area (TPSA) is 36.5 Å². The largest absolute Gasteiger partial charge is 0.291 e. The van der Waals surface area contributed by atoms with Crippen LogP contribution in [-0.4, -0.2) is 37.9 Å². The molecular weight excluding hydrogens is 130 g/mol. The summed E-state index contributed by atoms with van der Waals surface area (Å²) < 4.78 is 0. The highest BCUT2D eigenvalue weighted by atomic mass is 16.7. The van der Waals surface area contributed by atoms with Crippen LogP contribution >= 0.6 is 0 Å². The first-order chi connectivity index (χ1) is 4.79. The lowest BCUT2D eigenvalue weighted by Gasteiger charge is -2.41. The molecule has 1 heterocycles. The van der Waals surface area contributed by atoms with Crippen molar-refractivity contribution < 1.29 is 4.84 Å². The summed E-state index contributed by atoms with van der Waals surface area (Å²) in [7, 11) is 3.95. The Morgan fingerprint density at radius 2 is 2.40 bits per heavy atom. The summed E-state index contributed by atoms with van der Waals surface area (Å²) in [5.41, 5.74) is 2.86. The molecule has 4 nitrogen and oxygen atoms in total. The molecule has 0 saturated carbocycles. The van der Waals surface area contributed by atoms with E-state index in [4.69, 9.17) is 4.84 Å². The van der Waals surface area contributed by atoms with E-state index >= 15 is 0 Å². The van der Waals surface area contributed by atoms with Gasteiger partial charge in [0.2, 0.25) is 0 Å². The molecule has 2 atom stereocenters. The van der Waals surface area contributed by atoms with Crippen LogP contribution in [0.2, 0.25) is 0 Å². The number of hydrogen-bond acceptors (Lipinski definition) is 4. The van der Waals surface area contributed by atoms with Crippen molar-refractivity contribution in [2.75, 3.05) is 20.6 Å². The summed E-state index contributed by atoms with van der Waals surface area (Å²) in [6, 6.07) is 0. The van der Waals surface area contributed by atoms with Gasteiger partial charge in [-0.2, -0.15) is 5.48 Å². The summed E-state index contributed by atoms with van der Waals surface area (Å²) in [5, 5.41) is 3.04. The SMILES string of the molecule is CCN(C)C1NOC1NC. The van der Waals surface area contributed by atoms with E-state index in [0.717, 1.165) is 6.54 Å². The highest BCUT2D eigenvalue weighted by Gasteiger charge is 2.33. The van der Waals surface area contributed by atoms with E-state index in [2.05, 4.69) is 29.7 Å². The fraction of sp³-hybridized carbons (Fsp3) is 1.00. The van der Waals surface area contributed by atoms with E-state index in [9.17, 15) is 0 Å². The van der Waals surface area contributed by atoms with Gasteiger partial charge in [-0.05, 0) is 20.6 Å². The highest BCUT2D eigenvalue weighted by molar-refractivity contribution is 4.75. The van der Waals surface area contributed by atoms with Crippen LogP contribution in [0.15, 0.2) is 0 Å². The van der Waals surface area contributed by atoms with Crippen LogP contribution in [-0.2, 0) is 4.84 Å². The summed E-state index contributed by atoms with van der Waals surface area (Å²) in [6.07, 6.45) is 0.472. The van der Waals surface area contributed by atoms with E-state index < -0.39 is 0 Å². The fourth-order valence-electron chi connectivity index (χ4n) is 0.932. The molecule has 10 heavy (non-hydrogen) atoms. The monoisotopic (exact) mass is 145 g/mol. The van der Waals surface area contributed by atoms with E-state index in [1.165, 1.54) is 0 Å². The minimum atomic E-state index is 0.143. The van der Waals surface area contributed by atoms with Crippen molar-refractivity contribution >= 4 is 0 Å². The standard InChI is InChI=1S/C6H15N3O/c1-4-9(3)5-6(7-2)10-8-5/h5-8H,4H2,1-3H3. The summed E-state index contributed by atoms with van der Waals surface area (Å²) >= 11 is 0. The van der Waals surface area contributed by atoms with Crippen molar-refractivity contribution in [1.82, 2.24) is 15.7 Å². The van der Waals surface area contributed by atoms with Crippen molar-refractivity contribution in [1.29, 1.82) is 0 Å². The summed E-state index contributed by atoms with van der Waals surface area (Å²) in [6.45, 7) is 3.14. The molecule has 0 aromatic carbocycles. The molecular formula is C6H15N3O.